The van der Waals surface area contributed by atoms with E-state index in [2.05, 4.69) is 4.74 Å². The minimum absolute atomic E-state index is 0.0496. The van der Waals surface area contributed by atoms with Crippen LogP contribution in [0.25, 0.3) is 5.57 Å². The molecule has 0 spiro atoms. The Bertz CT molecular complexity index is 526. The predicted molar refractivity (Wildman–Crippen MR) is 59.0 cm³/mol. The minimum atomic E-state index is -1.10. The Hall–Kier alpha value is -2.61. The second kappa shape index (κ2) is 5.47. The average molecular weight is 231 g/mol. The largest absolute Gasteiger partial charge is 0.478 e. The Kier molecular flexibility index (Phi) is 4.01. The van der Waals surface area contributed by atoms with Crippen molar-refractivity contribution >= 4 is 17.5 Å². The first-order valence-electron chi connectivity index (χ1n) is 4.62. The number of methoxy groups -OCH3 is 1. The van der Waals surface area contributed by atoms with E-state index >= 15 is 0 Å². The van der Waals surface area contributed by atoms with Gasteiger partial charge in [0.15, 0.2) is 0 Å². The number of rotatable bonds is 3. The number of allylic oxidation sites excluding steroid dienone is 1. The third-order valence-corrected chi connectivity index (χ3v) is 2.00. The summed E-state index contributed by atoms with van der Waals surface area (Å²) in [4.78, 5) is 21.8. The zero-order valence-corrected chi connectivity index (χ0v) is 9.01. The van der Waals surface area contributed by atoms with Gasteiger partial charge in [0.2, 0.25) is 0 Å². The highest BCUT2D eigenvalue weighted by Crippen LogP contribution is 2.15. The number of nitriles is 1. The van der Waals surface area contributed by atoms with Gasteiger partial charge in [0, 0.05) is 6.08 Å². The number of carbonyl (C=O) groups is 2. The first-order chi connectivity index (χ1) is 8.08. The molecule has 0 unspecified atom stereocenters. The molecular weight excluding hydrogens is 222 g/mol. The van der Waals surface area contributed by atoms with Crippen molar-refractivity contribution in [3.63, 3.8) is 0 Å². The number of nitrogens with zero attached hydrogens (tertiary/aromatic N) is 1. The number of carboxylic acid groups (broad SMARTS) is 1. The highest BCUT2D eigenvalue weighted by atomic mass is 16.5. The van der Waals surface area contributed by atoms with E-state index in [0.29, 0.717) is 5.56 Å². The number of aromatic carboxylic acids is 1. The van der Waals surface area contributed by atoms with Crippen LogP contribution in [0.4, 0.5) is 0 Å². The smallest absolute Gasteiger partial charge is 0.335 e. The highest BCUT2D eigenvalue weighted by Gasteiger charge is 2.08. The average Bonchev–Trinajstić information content (AvgIpc) is 2.35. The number of hydrogen-bond donors (Lipinski definition) is 1. The van der Waals surface area contributed by atoms with E-state index in [1.807, 2.05) is 6.07 Å². The number of ether oxygens (including phenoxy) is 1. The summed E-state index contributed by atoms with van der Waals surface area (Å²) in [5.74, 6) is -1.76. The first kappa shape index (κ1) is 12.5. The molecule has 0 aromatic heterocycles. The fourth-order valence-corrected chi connectivity index (χ4v) is 1.18. The van der Waals surface area contributed by atoms with Gasteiger partial charge in [-0.3, -0.25) is 0 Å². The maximum Gasteiger partial charge on any atom is 0.335 e. The molecule has 0 aliphatic carbocycles. The molecule has 0 fully saturated rings. The van der Waals surface area contributed by atoms with E-state index < -0.39 is 11.9 Å². The lowest BCUT2D eigenvalue weighted by molar-refractivity contribution is -0.134. The fourth-order valence-electron chi connectivity index (χ4n) is 1.18. The number of carbonyl (C=O) groups excluding carboxylic acids is 1. The fraction of sp³-hybridized carbons (Fsp3) is 0.0833. The van der Waals surface area contributed by atoms with Crippen molar-refractivity contribution in [2.75, 3.05) is 7.11 Å². The van der Waals surface area contributed by atoms with Crippen LogP contribution in [0.3, 0.4) is 0 Å². The summed E-state index contributed by atoms with van der Waals surface area (Å²) in [6.07, 6.45) is 1.01. The van der Waals surface area contributed by atoms with E-state index in [1.54, 1.807) is 6.07 Å². The van der Waals surface area contributed by atoms with Gasteiger partial charge in [-0.2, -0.15) is 5.26 Å². The summed E-state index contributed by atoms with van der Waals surface area (Å²) in [7, 11) is 1.20. The molecule has 1 N–H and O–H groups in total. The second-order valence-corrected chi connectivity index (χ2v) is 3.08. The molecule has 1 aromatic rings. The lowest BCUT2D eigenvalue weighted by Crippen LogP contribution is -1.99. The minimum Gasteiger partial charge on any atom is -0.478 e. The van der Waals surface area contributed by atoms with Crippen molar-refractivity contribution in [3.05, 3.63) is 41.5 Å². The van der Waals surface area contributed by atoms with Gasteiger partial charge in [0.05, 0.1) is 18.2 Å². The van der Waals surface area contributed by atoms with Crippen molar-refractivity contribution < 1.29 is 19.4 Å². The monoisotopic (exact) mass is 231 g/mol. The van der Waals surface area contributed by atoms with Gasteiger partial charge in [-0.25, -0.2) is 9.59 Å². The standard InChI is InChI=1S/C12H9NO4/c1-17-11(14)6-10(7-13)8-3-2-4-9(5-8)12(15)16/h2-6H,1H3,(H,15,16). The maximum absolute atomic E-state index is 11.0. The van der Waals surface area contributed by atoms with E-state index in [9.17, 15) is 9.59 Å². The van der Waals surface area contributed by atoms with E-state index in [4.69, 9.17) is 10.4 Å². The van der Waals surface area contributed by atoms with E-state index in [-0.39, 0.29) is 11.1 Å². The van der Waals surface area contributed by atoms with Crippen molar-refractivity contribution in [2.45, 2.75) is 0 Å². The number of hydrogen-bond acceptors (Lipinski definition) is 4. The van der Waals surface area contributed by atoms with Gasteiger partial charge in [0.1, 0.15) is 6.07 Å². The molecule has 0 saturated heterocycles. The van der Waals surface area contributed by atoms with Gasteiger partial charge in [-0.05, 0) is 17.7 Å². The van der Waals surface area contributed by atoms with Gasteiger partial charge < -0.3 is 9.84 Å². The Labute approximate surface area is 97.6 Å². The SMILES string of the molecule is COC(=O)C=C(C#N)c1cccc(C(=O)O)c1. The van der Waals surface area contributed by atoms with Crippen LogP contribution in [0.1, 0.15) is 15.9 Å². The first-order valence-corrected chi connectivity index (χ1v) is 4.62. The summed E-state index contributed by atoms with van der Waals surface area (Å²) in [5.41, 5.74) is 0.464. The van der Waals surface area contributed by atoms with E-state index in [0.717, 1.165) is 6.08 Å². The van der Waals surface area contributed by atoms with Crippen LogP contribution >= 0.6 is 0 Å². The summed E-state index contributed by atoms with van der Waals surface area (Å²) < 4.78 is 4.40. The molecule has 0 heterocycles. The molecule has 0 bridgehead atoms. The molecular formula is C12H9NO4. The molecule has 0 atom stereocenters. The molecule has 86 valence electrons. The van der Waals surface area contributed by atoms with Crippen LogP contribution in [0, 0.1) is 11.3 Å². The van der Waals surface area contributed by atoms with Crippen LogP contribution in [0.15, 0.2) is 30.3 Å². The molecule has 1 aromatic carbocycles. The molecule has 0 radical (unpaired) electrons. The Morgan fingerprint density at radius 3 is 2.59 bits per heavy atom. The van der Waals surface area contributed by atoms with Crippen LogP contribution in [0.2, 0.25) is 0 Å². The topological polar surface area (TPSA) is 87.4 Å². The van der Waals surface area contributed by atoms with Crippen LogP contribution in [-0.2, 0) is 9.53 Å². The van der Waals surface area contributed by atoms with Crippen molar-refractivity contribution in [1.82, 2.24) is 0 Å². The Morgan fingerprint density at radius 1 is 1.41 bits per heavy atom. The van der Waals surface area contributed by atoms with Gasteiger partial charge >= 0.3 is 11.9 Å². The quantitative estimate of drug-likeness (QED) is 0.483. The Morgan fingerprint density at radius 2 is 2.06 bits per heavy atom. The van der Waals surface area contributed by atoms with Crippen molar-refractivity contribution in [1.29, 1.82) is 5.26 Å². The zero-order chi connectivity index (χ0) is 12.8. The molecule has 0 aliphatic rings. The Balaban J connectivity index is 3.18. The lowest BCUT2D eigenvalue weighted by Gasteiger charge is -2.00. The van der Waals surface area contributed by atoms with Crippen molar-refractivity contribution in [2.24, 2.45) is 0 Å². The number of benzene rings is 1. The summed E-state index contributed by atoms with van der Waals surface area (Å²) in [6.45, 7) is 0. The van der Waals surface area contributed by atoms with Gasteiger partial charge in [-0.15, -0.1) is 0 Å². The van der Waals surface area contributed by atoms with Crippen LogP contribution in [0.5, 0.6) is 0 Å². The molecule has 5 nitrogen and oxygen atoms in total. The van der Waals surface area contributed by atoms with Gasteiger partial charge in [-0.1, -0.05) is 12.1 Å². The molecule has 1 rings (SSSR count). The van der Waals surface area contributed by atoms with Crippen molar-refractivity contribution in [3.8, 4) is 6.07 Å². The third-order valence-electron chi connectivity index (χ3n) is 2.00. The highest BCUT2D eigenvalue weighted by molar-refractivity contribution is 5.96. The zero-order valence-electron chi connectivity index (χ0n) is 9.01. The molecule has 0 aliphatic heterocycles. The summed E-state index contributed by atoms with van der Waals surface area (Å²) >= 11 is 0. The van der Waals surface area contributed by atoms with E-state index in [1.165, 1.54) is 25.3 Å². The van der Waals surface area contributed by atoms with Gasteiger partial charge in [0.25, 0.3) is 0 Å². The van der Waals surface area contributed by atoms with Crippen LogP contribution in [-0.4, -0.2) is 24.2 Å². The lowest BCUT2D eigenvalue weighted by atomic mass is 10.0. The maximum atomic E-state index is 11.0. The number of esters is 1. The normalized spacial score (nSPS) is 10.5. The molecule has 0 saturated carbocycles. The predicted octanol–water partition coefficient (Wildman–Crippen LogP) is 1.46. The third kappa shape index (κ3) is 3.18. The molecule has 17 heavy (non-hydrogen) atoms. The number of carboxylic acids is 1. The van der Waals surface area contributed by atoms with Crippen LogP contribution < -0.4 is 0 Å². The second-order valence-electron chi connectivity index (χ2n) is 3.08. The molecule has 0 amide bonds. The summed E-state index contributed by atoms with van der Waals surface area (Å²) in [6, 6.07) is 7.59. The molecule has 5 heteroatoms. The summed E-state index contributed by atoms with van der Waals surface area (Å²) in [5, 5.41) is 17.7.